The summed E-state index contributed by atoms with van der Waals surface area (Å²) < 4.78 is 6.67. The molecular formula is C20H28BrN5O2. The van der Waals surface area contributed by atoms with Crippen LogP contribution < -0.4 is 4.90 Å². The zero-order valence-electron chi connectivity index (χ0n) is 17.1. The molecule has 2 aromatic rings. The highest BCUT2D eigenvalue weighted by Gasteiger charge is 2.38. The van der Waals surface area contributed by atoms with Gasteiger partial charge in [0.05, 0.1) is 5.41 Å². The van der Waals surface area contributed by atoms with Crippen molar-refractivity contribution < 1.29 is 9.32 Å². The van der Waals surface area contributed by atoms with E-state index >= 15 is 0 Å². The molecule has 0 saturated carbocycles. The molecule has 0 N–H and O–H groups in total. The number of aromatic nitrogens is 2. The summed E-state index contributed by atoms with van der Waals surface area (Å²) in [7, 11) is 3.54. The third-order valence-corrected chi connectivity index (χ3v) is 6.21. The topological polar surface area (TPSA) is 65.7 Å². The molecule has 1 aliphatic heterocycles. The third-order valence-electron chi connectivity index (χ3n) is 5.68. The number of rotatable bonds is 4. The molecule has 28 heavy (non-hydrogen) atoms. The van der Waals surface area contributed by atoms with Gasteiger partial charge in [-0.25, -0.2) is 4.79 Å². The first-order valence-corrected chi connectivity index (χ1v) is 10.3. The van der Waals surface area contributed by atoms with Crippen molar-refractivity contribution in [3.05, 3.63) is 40.1 Å². The first-order chi connectivity index (χ1) is 13.2. The van der Waals surface area contributed by atoms with Crippen LogP contribution in [0.15, 0.2) is 33.3 Å². The quantitative estimate of drug-likeness (QED) is 0.713. The summed E-state index contributed by atoms with van der Waals surface area (Å²) in [6.45, 7) is 9.14. The molecule has 0 bridgehead atoms. The molecule has 7 nitrogen and oxygen atoms in total. The monoisotopic (exact) mass is 449 g/mol. The second-order valence-electron chi connectivity index (χ2n) is 7.92. The van der Waals surface area contributed by atoms with Crippen LogP contribution in [0, 0.1) is 5.92 Å². The van der Waals surface area contributed by atoms with Gasteiger partial charge in [0.2, 0.25) is 0 Å². The first-order valence-electron chi connectivity index (χ1n) is 9.55. The highest BCUT2D eigenvalue weighted by Crippen LogP contribution is 2.38. The number of hydrogen-bond donors (Lipinski definition) is 0. The van der Waals surface area contributed by atoms with Crippen LogP contribution in [0.2, 0.25) is 0 Å². The molecule has 0 spiro atoms. The smallest absolute Gasteiger partial charge is 0.324 e. The summed E-state index contributed by atoms with van der Waals surface area (Å²) in [4.78, 5) is 22.4. The molecule has 1 aromatic heterocycles. The summed E-state index contributed by atoms with van der Waals surface area (Å²) in [5, 5.41) is 4.34. The molecule has 3 rings (SSSR count). The Morgan fingerprint density at radius 3 is 2.32 bits per heavy atom. The number of nitrogens with zero attached hydrogens (tertiary/aromatic N) is 5. The van der Waals surface area contributed by atoms with Crippen LogP contribution >= 0.6 is 15.9 Å². The zero-order valence-corrected chi connectivity index (χ0v) is 18.7. The second-order valence-corrected chi connectivity index (χ2v) is 8.83. The predicted octanol–water partition coefficient (Wildman–Crippen LogP) is 3.60. The van der Waals surface area contributed by atoms with Crippen LogP contribution in [-0.2, 0) is 5.41 Å². The fraction of sp³-hybridized carbons (Fsp3) is 0.550. The van der Waals surface area contributed by atoms with Gasteiger partial charge in [0, 0.05) is 44.7 Å². The minimum Gasteiger partial charge on any atom is -0.331 e. The van der Waals surface area contributed by atoms with Gasteiger partial charge in [-0.05, 0) is 30.5 Å². The lowest BCUT2D eigenvalue weighted by Gasteiger charge is -2.35. The molecule has 1 atom stereocenters. The standard InChI is InChI=1S/C20H28BrN5O2/c1-14(2)20(3,15-6-8-16(21)9-7-15)17-22-18(28-23-17)25-10-12-26(13-11-25)19(27)24(4)5/h6-9,14H,10-13H2,1-5H3/t20-/m1/s1. The number of halogens is 1. The van der Waals surface area contributed by atoms with Crippen molar-refractivity contribution in [1.82, 2.24) is 19.9 Å². The fourth-order valence-electron chi connectivity index (χ4n) is 3.44. The van der Waals surface area contributed by atoms with Crippen LogP contribution in [-0.4, -0.2) is 66.2 Å². The number of benzene rings is 1. The lowest BCUT2D eigenvalue weighted by atomic mass is 9.73. The average Bonchev–Trinajstić information content (AvgIpc) is 3.18. The predicted molar refractivity (Wildman–Crippen MR) is 113 cm³/mol. The number of amides is 2. The fourth-order valence-corrected chi connectivity index (χ4v) is 3.71. The van der Waals surface area contributed by atoms with E-state index in [1.807, 2.05) is 17.0 Å². The maximum Gasteiger partial charge on any atom is 0.324 e. The summed E-state index contributed by atoms with van der Waals surface area (Å²) in [5.74, 6) is 0.973. The van der Waals surface area contributed by atoms with E-state index in [1.165, 1.54) is 0 Å². The maximum absolute atomic E-state index is 12.1. The Hall–Kier alpha value is -2.09. The normalized spacial score (nSPS) is 17.0. The van der Waals surface area contributed by atoms with Gasteiger partial charge in [-0.2, -0.15) is 4.98 Å². The van der Waals surface area contributed by atoms with Crippen molar-refractivity contribution in [2.45, 2.75) is 26.2 Å². The van der Waals surface area contributed by atoms with E-state index in [2.05, 4.69) is 58.9 Å². The van der Waals surface area contributed by atoms with Crippen molar-refractivity contribution in [2.75, 3.05) is 45.2 Å². The molecule has 1 fully saturated rings. The Morgan fingerprint density at radius 1 is 1.18 bits per heavy atom. The SMILES string of the molecule is CC(C)[C@](C)(c1ccc(Br)cc1)c1noc(N2CCN(C(=O)N(C)C)CC2)n1. The number of carbonyl (C=O) groups is 1. The first kappa shape index (κ1) is 20.6. The van der Waals surface area contributed by atoms with E-state index in [1.54, 1.807) is 19.0 Å². The summed E-state index contributed by atoms with van der Waals surface area (Å²) in [6.07, 6.45) is 0. The molecule has 152 valence electrons. The van der Waals surface area contributed by atoms with Gasteiger partial charge in [0.1, 0.15) is 0 Å². The average molecular weight is 450 g/mol. The zero-order chi connectivity index (χ0) is 20.5. The molecule has 1 saturated heterocycles. The van der Waals surface area contributed by atoms with Gasteiger partial charge in [-0.1, -0.05) is 47.1 Å². The second kappa shape index (κ2) is 8.11. The van der Waals surface area contributed by atoms with E-state index in [9.17, 15) is 4.79 Å². The van der Waals surface area contributed by atoms with Crippen LogP contribution in [0.25, 0.3) is 0 Å². The molecule has 0 unspecified atom stereocenters. The van der Waals surface area contributed by atoms with E-state index in [4.69, 9.17) is 9.51 Å². The minimum absolute atomic E-state index is 0.0356. The highest BCUT2D eigenvalue weighted by molar-refractivity contribution is 9.10. The van der Waals surface area contributed by atoms with E-state index < -0.39 is 0 Å². The molecule has 2 heterocycles. The Balaban J connectivity index is 1.79. The van der Waals surface area contributed by atoms with Crippen molar-refractivity contribution in [1.29, 1.82) is 0 Å². The Kier molecular flexibility index (Phi) is 5.98. The van der Waals surface area contributed by atoms with Crippen LogP contribution in [0.5, 0.6) is 0 Å². The van der Waals surface area contributed by atoms with Gasteiger partial charge in [0.15, 0.2) is 5.82 Å². The number of carbonyl (C=O) groups excluding carboxylic acids is 1. The Labute approximate surface area is 174 Å². The van der Waals surface area contributed by atoms with Crippen LogP contribution in [0.3, 0.4) is 0 Å². The number of anilines is 1. The van der Waals surface area contributed by atoms with Crippen molar-refractivity contribution >= 4 is 28.0 Å². The van der Waals surface area contributed by atoms with Gasteiger partial charge >= 0.3 is 12.0 Å². The molecule has 8 heteroatoms. The van der Waals surface area contributed by atoms with Crippen LogP contribution in [0.4, 0.5) is 10.8 Å². The number of hydrogen-bond acceptors (Lipinski definition) is 5. The van der Waals surface area contributed by atoms with Crippen molar-refractivity contribution in [3.63, 3.8) is 0 Å². The van der Waals surface area contributed by atoms with Crippen LogP contribution in [0.1, 0.15) is 32.2 Å². The largest absolute Gasteiger partial charge is 0.331 e. The number of piperazine rings is 1. The molecule has 2 amide bonds. The minimum atomic E-state index is -0.356. The Bertz CT molecular complexity index is 812. The third kappa shape index (κ3) is 3.87. The maximum atomic E-state index is 12.1. The van der Waals surface area contributed by atoms with E-state index in [-0.39, 0.29) is 17.4 Å². The summed E-state index contributed by atoms with van der Waals surface area (Å²) in [6, 6.07) is 8.84. The lowest BCUT2D eigenvalue weighted by Crippen LogP contribution is -2.51. The highest BCUT2D eigenvalue weighted by atomic mass is 79.9. The lowest BCUT2D eigenvalue weighted by molar-refractivity contribution is 0.167. The van der Waals surface area contributed by atoms with Crippen molar-refractivity contribution in [2.24, 2.45) is 5.92 Å². The molecule has 1 aliphatic rings. The van der Waals surface area contributed by atoms with E-state index in [0.717, 1.165) is 10.0 Å². The molecular weight excluding hydrogens is 422 g/mol. The Morgan fingerprint density at radius 2 is 1.79 bits per heavy atom. The van der Waals surface area contributed by atoms with Gasteiger partial charge in [-0.15, -0.1) is 0 Å². The van der Waals surface area contributed by atoms with Gasteiger partial charge in [0.25, 0.3) is 0 Å². The summed E-state index contributed by atoms with van der Waals surface area (Å²) in [5.41, 5.74) is 0.796. The van der Waals surface area contributed by atoms with Crippen molar-refractivity contribution in [3.8, 4) is 0 Å². The van der Waals surface area contributed by atoms with E-state index in [0.29, 0.717) is 38.0 Å². The molecule has 0 radical (unpaired) electrons. The molecule has 1 aromatic carbocycles. The molecule has 0 aliphatic carbocycles. The summed E-state index contributed by atoms with van der Waals surface area (Å²) >= 11 is 3.50. The van der Waals surface area contributed by atoms with Gasteiger partial charge in [-0.3, -0.25) is 0 Å². The number of urea groups is 1. The van der Waals surface area contributed by atoms with Gasteiger partial charge < -0.3 is 19.2 Å².